The summed E-state index contributed by atoms with van der Waals surface area (Å²) in [5.74, 6) is 1.04. The van der Waals surface area contributed by atoms with E-state index < -0.39 is 0 Å². The van der Waals surface area contributed by atoms with E-state index >= 15 is 0 Å². The van der Waals surface area contributed by atoms with E-state index in [1.54, 1.807) is 0 Å². The molecule has 1 aromatic heterocycles. The predicted molar refractivity (Wildman–Crippen MR) is 75.9 cm³/mol. The van der Waals surface area contributed by atoms with Crippen LogP contribution in [0.5, 0.6) is 0 Å². The van der Waals surface area contributed by atoms with E-state index in [1.165, 1.54) is 23.3 Å². The Morgan fingerprint density at radius 1 is 1.47 bits per heavy atom. The van der Waals surface area contributed by atoms with Crippen LogP contribution in [0, 0.1) is 11.3 Å². The number of hydrogen-bond donors (Lipinski definition) is 1. The highest BCUT2D eigenvalue weighted by Crippen LogP contribution is 2.53. The molecule has 0 saturated heterocycles. The molecule has 1 atom stereocenters. The number of nitrogens with two attached hydrogens (primary N) is 1. The zero-order valence-electron chi connectivity index (χ0n) is 11.1. The maximum atomic E-state index is 12.8. The molecule has 2 heterocycles. The number of carbonyl (C=O) groups excluding carboxylic acids is 1. The molecule has 0 spiro atoms. The van der Waals surface area contributed by atoms with Crippen LogP contribution in [0.2, 0.25) is 0 Å². The molecule has 4 rings (SSSR count). The molecule has 0 bridgehead atoms. The molecule has 102 valence electrons. The number of fused-ring (bicyclic) bond motifs is 1. The molecular weight excluding hydrogens is 256 g/mol. The number of nitrogens with zero attached hydrogens (tertiary/aromatic N) is 1. The molecule has 1 aromatic rings. The van der Waals surface area contributed by atoms with Crippen molar-refractivity contribution in [2.75, 3.05) is 13.1 Å². The Balaban J connectivity index is 1.67. The standard InChI is InChI=1S/C15H20N2OS/c16-9-15(5-6-15)14(18)17-7-3-12-11(4-8-19-12)13(17)10-1-2-10/h4,8,10,13H,1-3,5-7,9,16H2. The highest BCUT2D eigenvalue weighted by molar-refractivity contribution is 7.10. The quantitative estimate of drug-likeness (QED) is 0.921. The van der Waals surface area contributed by atoms with E-state index in [0.717, 1.165) is 25.8 Å². The molecule has 2 N–H and O–H groups in total. The Morgan fingerprint density at radius 2 is 2.26 bits per heavy atom. The van der Waals surface area contributed by atoms with Gasteiger partial charge in [0.1, 0.15) is 0 Å². The molecule has 1 aliphatic heterocycles. The SMILES string of the molecule is NCC1(C(=O)N2CCc3sccc3C2C2CC2)CC1. The minimum absolute atomic E-state index is 0.194. The monoisotopic (exact) mass is 276 g/mol. The highest BCUT2D eigenvalue weighted by Gasteiger charge is 2.53. The summed E-state index contributed by atoms with van der Waals surface area (Å²) in [7, 11) is 0. The average molecular weight is 276 g/mol. The lowest BCUT2D eigenvalue weighted by molar-refractivity contribution is -0.140. The molecule has 2 aliphatic carbocycles. The van der Waals surface area contributed by atoms with Gasteiger partial charge in [-0.3, -0.25) is 4.79 Å². The number of amides is 1. The van der Waals surface area contributed by atoms with E-state index in [4.69, 9.17) is 5.73 Å². The van der Waals surface area contributed by atoms with E-state index in [1.807, 2.05) is 11.3 Å². The minimum Gasteiger partial charge on any atom is -0.334 e. The molecule has 3 aliphatic rings. The zero-order chi connectivity index (χ0) is 13.0. The van der Waals surface area contributed by atoms with Crippen molar-refractivity contribution in [3.63, 3.8) is 0 Å². The summed E-state index contributed by atoms with van der Waals surface area (Å²) in [5.41, 5.74) is 7.08. The second-order valence-electron chi connectivity index (χ2n) is 6.31. The molecule has 0 aromatic carbocycles. The van der Waals surface area contributed by atoms with Gasteiger partial charge in [-0.25, -0.2) is 0 Å². The number of thiophene rings is 1. The van der Waals surface area contributed by atoms with Crippen LogP contribution in [0.1, 0.15) is 42.2 Å². The van der Waals surface area contributed by atoms with Crippen molar-refractivity contribution in [1.82, 2.24) is 4.90 Å². The Labute approximate surface area is 117 Å². The Bertz CT molecular complexity index is 516. The van der Waals surface area contributed by atoms with Gasteiger partial charge in [0, 0.05) is 18.0 Å². The van der Waals surface area contributed by atoms with Crippen LogP contribution in [-0.4, -0.2) is 23.9 Å². The van der Waals surface area contributed by atoms with Crippen LogP contribution < -0.4 is 5.73 Å². The van der Waals surface area contributed by atoms with Crippen LogP contribution in [0.15, 0.2) is 11.4 Å². The van der Waals surface area contributed by atoms with Gasteiger partial charge in [0.05, 0.1) is 11.5 Å². The first kappa shape index (κ1) is 11.9. The van der Waals surface area contributed by atoms with Crippen LogP contribution in [0.4, 0.5) is 0 Å². The smallest absolute Gasteiger partial charge is 0.230 e. The number of hydrogen-bond acceptors (Lipinski definition) is 3. The summed E-state index contributed by atoms with van der Waals surface area (Å²) in [6.45, 7) is 1.42. The Kier molecular flexibility index (Phi) is 2.55. The number of rotatable bonds is 3. The highest BCUT2D eigenvalue weighted by atomic mass is 32.1. The second-order valence-corrected chi connectivity index (χ2v) is 7.32. The van der Waals surface area contributed by atoms with Crippen molar-refractivity contribution in [3.05, 3.63) is 21.9 Å². The summed E-state index contributed by atoms with van der Waals surface area (Å²) in [6.07, 6.45) is 5.57. The van der Waals surface area contributed by atoms with Gasteiger partial charge in [-0.1, -0.05) is 0 Å². The third kappa shape index (κ3) is 1.77. The maximum Gasteiger partial charge on any atom is 0.230 e. The van der Waals surface area contributed by atoms with Crippen molar-refractivity contribution in [2.24, 2.45) is 17.1 Å². The summed E-state index contributed by atoms with van der Waals surface area (Å²) >= 11 is 1.85. The molecule has 2 fully saturated rings. The fraction of sp³-hybridized carbons (Fsp3) is 0.667. The summed E-state index contributed by atoms with van der Waals surface area (Å²) in [6, 6.07) is 2.59. The topological polar surface area (TPSA) is 46.3 Å². The molecule has 1 unspecified atom stereocenters. The fourth-order valence-electron chi connectivity index (χ4n) is 3.46. The first-order chi connectivity index (χ1) is 9.25. The minimum atomic E-state index is -0.194. The Morgan fingerprint density at radius 3 is 2.89 bits per heavy atom. The van der Waals surface area contributed by atoms with Crippen molar-refractivity contribution < 1.29 is 4.79 Å². The van der Waals surface area contributed by atoms with Crippen LogP contribution >= 0.6 is 11.3 Å². The van der Waals surface area contributed by atoms with Crippen molar-refractivity contribution in [3.8, 4) is 0 Å². The van der Waals surface area contributed by atoms with E-state index in [0.29, 0.717) is 24.4 Å². The van der Waals surface area contributed by atoms with Gasteiger partial charge in [-0.05, 0) is 55.0 Å². The molecule has 2 saturated carbocycles. The Hall–Kier alpha value is -0.870. The molecule has 3 nitrogen and oxygen atoms in total. The van der Waals surface area contributed by atoms with Gasteiger partial charge in [0.15, 0.2) is 0 Å². The van der Waals surface area contributed by atoms with Crippen molar-refractivity contribution in [1.29, 1.82) is 0 Å². The first-order valence-electron chi connectivity index (χ1n) is 7.32. The lowest BCUT2D eigenvalue weighted by Crippen LogP contribution is -2.46. The lowest BCUT2D eigenvalue weighted by Gasteiger charge is -2.38. The lowest BCUT2D eigenvalue weighted by atomic mass is 9.93. The zero-order valence-corrected chi connectivity index (χ0v) is 11.9. The molecule has 0 radical (unpaired) electrons. The predicted octanol–water partition coefficient (Wildman–Crippen LogP) is 2.32. The van der Waals surface area contributed by atoms with E-state index in [2.05, 4.69) is 16.3 Å². The average Bonchev–Trinajstić information content (AvgIpc) is 3.34. The van der Waals surface area contributed by atoms with E-state index in [9.17, 15) is 4.79 Å². The molecular formula is C15H20N2OS. The van der Waals surface area contributed by atoms with Crippen LogP contribution in [0.25, 0.3) is 0 Å². The van der Waals surface area contributed by atoms with Gasteiger partial charge < -0.3 is 10.6 Å². The third-order valence-corrected chi connectivity index (χ3v) is 6.04. The van der Waals surface area contributed by atoms with Crippen molar-refractivity contribution in [2.45, 2.75) is 38.1 Å². The van der Waals surface area contributed by atoms with Crippen LogP contribution in [0.3, 0.4) is 0 Å². The molecule has 1 amide bonds. The first-order valence-corrected chi connectivity index (χ1v) is 8.20. The third-order valence-electron chi connectivity index (χ3n) is 5.04. The van der Waals surface area contributed by atoms with Gasteiger partial charge >= 0.3 is 0 Å². The second kappa shape index (κ2) is 4.06. The van der Waals surface area contributed by atoms with Gasteiger partial charge in [-0.15, -0.1) is 11.3 Å². The van der Waals surface area contributed by atoms with Gasteiger partial charge in [0.2, 0.25) is 5.91 Å². The number of carbonyl (C=O) groups is 1. The molecule has 4 heteroatoms. The maximum absolute atomic E-state index is 12.8. The normalized spacial score (nSPS) is 28.1. The largest absolute Gasteiger partial charge is 0.334 e. The molecule has 19 heavy (non-hydrogen) atoms. The summed E-state index contributed by atoms with van der Waals surface area (Å²) < 4.78 is 0. The van der Waals surface area contributed by atoms with Crippen LogP contribution in [-0.2, 0) is 11.2 Å². The summed E-state index contributed by atoms with van der Waals surface area (Å²) in [5, 5.41) is 2.18. The van der Waals surface area contributed by atoms with E-state index in [-0.39, 0.29) is 5.41 Å². The van der Waals surface area contributed by atoms with Crippen molar-refractivity contribution >= 4 is 17.2 Å². The fourth-order valence-corrected chi connectivity index (χ4v) is 4.37. The summed E-state index contributed by atoms with van der Waals surface area (Å²) in [4.78, 5) is 16.5. The van der Waals surface area contributed by atoms with Gasteiger partial charge in [0.25, 0.3) is 0 Å². The van der Waals surface area contributed by atoms with Gasteiger partial charge in [-0.2, -0.15) is 0 Å².